The van der Waals surface area contributed by atoms with E-state index >= 15 is 0 Å². The fourth-order valence-corrected chi connectivity index (χ4v) is 1.46. The zero-order valence-electron chi connectivity index (χ0n) is 10.2. The van der Waals surface area contributed by atoms with Crippen molar-refractivity contribution in [3.05, 3.63) is 0 Å². The molecule has 1 heteroatoms. The second-order valence-corrected chi connectivity index (χ2v) is 6.11. The second-order valence-electron chi connectivity index (χ2n) is 6.11. The van der Waals surface area contributed by atoms with E-state index in [1.165, 1.54) is 7.28 Å². The summed E-state index contributed by atoms with van der Waals surface area (Å²) in [6, 6.07) is 0. The third-order valence-corrected chi connectivity index (χ3v) is 4.45. The van der Waals surface area contributed by atoms with Crippen molar-refractivity contribution in [1.29, 1.82) is 0 Å². The molecule has 0 aliphatic carbocycles. The topological polar surface area (TPSA) is 0 Å². The number of hydrogen-bond donors (Lipinski definition) is 0. The molecule has 0 spiro atoms. The van der Waals surface area contributed by atoms with Gasteiger partial charge in [-0.25, -0.2) is 0 Å². The van der Waals surface area contributed by atoms with E-state index in [0.717, 1.165) is 0 Å². The van der Waals surface area contributed by atoms with E-state index in [0.29, 0.717) is 16.1 Å². The summed E-state index contributed by atoms with van der Waals surface area (Å²) in [6.45, 7) is 18.8. The van der Waals surface area contributed by atoms with E-state index in [9.17, 15) is 0 Å². The maximum atomic E-state index is 2.39. The van der Waals surface area contributed by atoms with Crippen molar-refractivity contribution in [2.45, 2.75) is 60.6 Å². The molecular formula is C11H25B. The van der Waals surface area contributed by atoms with Crippen LogP contribution in [0.1, 0.15) is 48.5 Å². The van der Waals surface area contributed by atoms with E-state index in [1.54, 1.807) is 0 Å². The van der Waals surface area contributed by atoms with Crippen LogP contribution in [-0.4, -0.2) is 7.28 Å². The molecule has 0 bridgehead atoms. The van der Waals surface area contributed by atoms with Gasteiger partial charge in [0.25, 0.3) is 0 Å². The van der Waals surface area contributed by atoms with Crippen molar-refractivity contribution in [2.75, 3.05) is 0 Å². The molecule has 0 aliphatic heterocycles. The van der Waals surface area contributed by atoms with Crippen molar-refractivity contribution in [1.82, 2.24) is 0 Å². The molecule has 72 valence electrons. The lowest BCUT2D eigenvalue weighted by molar-refractivity contribution is 0.0831. The van der Waals surface area contributed by atoms with Gasteiger partial charge in [-0.05, 0) is 10.8 Å². The minimum Gasteiger partial charge on any atom is -0.0888 e. The van der Waals surface area contributed by atoms with Crippen molar-refractivity contribution in [3.8, 4) is 0 Å². The summed E-state index contributed by atoms with van der Waals surface area (Å²) >= 11 is 0. The van der Waals surface area contributed by atoms with Gasteiger partial charge in [-0.15, -0.1) is 0 Å². The molecule has 0 saturated carbocycles. The fraction of sp³-hybridized carbons (Fsp3) is 1.00. The molecule has 0 N–H and O–H groups in total. The third-order valence-electron chi connectivity index (χ3n) is 4.45. The van der Waals surface area contributed by atoms with Gasteiger partial charge in [0.15, 0.2) is 0 Å². The molecule has 0 nitrogen and oxygen atoms in total. The van der Waals surface area contributed by atoms with Crippen molar-refractivity contribution in [3.63, 3.8) is 0 Å². The zero-order valence-corrected chi connectivity index (χ0v) is 10.2. The smallest absolute Gasteiger partial charge is 0.0888 e. The van der Waals surface area contributed by atoms with Gasteiger partial charge in [0, 0.05) is 0 Å². The van der Waals surface area contributed by atoms with Crippen LogP contribution in [0.3, 0.4) is 0 Å². The summed E-state index contributed by atoms with van der Waals surface area (Å²) in [6.07, 6.45) is 0. The van der Waals surface area contributed by atoms with Crippen molar-refractivity contribution in [2.24, 2.45) is 10.8 Å². The van der Waals surface area contributed by atoms with Crippen LogP contribution in [0.5, 0.6) is 0 Å². The quantitative estimate of drug-likeness (QED) is 0.551. The first-order chi connectivity index (χ1) is 5.06. The van der Waals surface area contributed by atoms with E-state index in [4.69, 9.17) is 0 Å². The predicted octanol–water partition coefficient (Wildman–Crippen LogP) is 3.74. The largest absolute Gasteiger partial charge is 0.124 e. The van der Waals surface area contributed by atoms with Gasteiger partial charge in [0.2, 0.25) is 0 Å². The molecule has 0 saturated heterocycles. The summed E-state index contributed by atoms with van der Waals surface area (Å²) in [5, 5.41) is 0.422. The Morgan fingerprint density at radius 1 is 0.750 bits per heavy atom. The highest BCUT2D eigenvalue weighted by molar-refractivity contribution is 6.38. The average Bonchev–Trinajstić information content (AvgIpc) is 1.85. The molecule has 0 amide bonds. The minimum atomic E-state index is 0.381. The zero-order chi connectivity index (χ0) is 10.2. The number of hydrogen-bond acceptors (Lipinski definition) is 0. The second kappa shape index (κ2) is 3.08. The van der Waals surface area contributed by atoms with Crippen LogP contribution in [0.15, 0.2) is 0 Å². The Bertz CT molecular complexity index is 149. The lowest BCUT2D eigenvalue weighted by Crippen LogP contribution is -2.41. The van der Waals surface area contributed by atoms with Gasteiger partial charge in [0.1, 0.15) is 7.28 Å². The molecule has 0 aromatic heterocycles. The summed E-state index contributed by atoms with van der Waals surface area (Å²) in [5.74, 6) is 0. The van der Waals surface area contributed by atoms with Gasteiger partial charge in [-0.2, -0.15) is 0 Å². The third kappa shape index (κ3) is 1.86. The SMILES string of the molecule is CBC(C)(C)C(C)(C)C(C)(C)C. The van der Waals surface area contributed by atoms with Gasteiger partial charge < -0.3 is 0 Å². The van der Waals surface area contributed by atoms with Gasteiger partial charge in [-0.3, -0.25) is 0 Å². The summed E-state index contributed by atoms with van der Waals surface area (Å²) in [4.78, 5) is 0. The van der Waals surface area contributed by atoms with E-state index in [1.807, 2.05) is 0 Å². The van der Waals surface area contributed by atoms with Crippen LogP contribution in [0.2, 0.25) is 12.1 Å². The van der Waals surface area contributed by atoms with Crippen molar-refractivity contribution < 1.29 is 0 Å². The molecular weight excluding hydrogens is 143 g/mol. The lowest BCUT2D eigenvalue weighted by atomic mass is 9.40. The van der Waals surface area contributed by atoms with Crippen LogP contribution >= 0.6 is 0 Å². The standard InChI is InChI=1S/C11H25B/c1-9(2,3)10(4,5)11(6,7)12-8/h12H,1-8H3. The highest BCUT2D eigenvalue weighted by atomic mass is 14.4. The van der Waals surface area contributed by atoms with E-state index in [2.05, 4.69) is 55.3 Å². The lowest BCUT2D eigenvalue weighted by Gasteiger charge is -2.50. The summed E-state index contributed by atoms with van der Waals surface area (Å²) in [5.41, 5.74) is 0.765. The molecule has 0 rings (SSSR count). The molecule has 12 heavy (non-hydrogen) atoms. The average molecular weight is 168 g/mol. The minimum absolute atomic E-state index is 0.381. The molecule has 0 radical (unpaired) electrons. The van der Waals surface area contributed by atoms with E-state index in [-0.39, 0.29) is 0 Å². The first-order valence-electron chi connectivity index (χ1n) is 5.06. The summed E-state index contributed by atoms with van der Waals surface area (Å²) < 4.78 is 0. The molecule has 0 fully saturated rings. The Morgan fingerprint density at radius 3 is 1.17 bits per heavy atom. The maximum absolute atomic E-state index is 2.39. The first-order valence-corrected chi connectivity index (χ1v) is 5.06. The molecule has 0 aromatic carbocycles. The maximum Gasteiger partial charge on any atom is 0.124 e. The van der Waals surface area contributed by atoms with Gasteiger partial charge in [-0.1, -0.05) is 60.6 Å². The predicted molar refractivity (Wildman–Crippen MR) is 60.3 cm³/mol. The summed E-state index contributed by atoms with van der Waals surface area (Å²) in [7, 11) is 1.25. The Kier molecular flexibility index (Phi) is 3.10. The Hall–Kier alpha value is 0.0649. The number of rotatable bonds is 2. The van der Waals surface area contributed by atoms with Gasteiger partial charge in [0.05, 0.1) is 0 Å². The first kappa shape index (κ1) is 12.1. The Balaban J connectivity index is 4.85. The fourth-order valence-electron chi connectivity index (χ4n) is 1.46. The molecule has 0 heterocycles. The van der Waals surface area contributed by atoms with Crippen LogP contribution < -0.4 is 0 Å². The normalized spacial score (nSPS) is 14.7. The van der Waals surface area contributed by atoms with Crippen LogP contribution in [0, 0.1) is 10.8 Å². The van der Waals surface area contributed by atoms with Crippen LogP contribution in [0.25, 0.3) is 0 Å². The van der Waals surface area contributed by atoms with Crippen LogP contribution in [-0.2, 0) is 0 Å². The Labute approximate surface area is 79.4 Å². The highest BCUT2D eigenvalue weighted by Crippen LogP contribution is 2.54. The molecule has 0 aliphatic rings. The molecule has 0 unspecified atom stereocenters. The molecule has 0 atom stereocenters. The van der Waals surface area contributed by atoms with Crippen molar-refractivity contribution >= 4 is 7.28 Å². The van der Waals surface area contributed by atoms with Gasteiger partial charge >= 0.3 is 0 Å². The monoisotopic (exact) mass is 168 g/mol. The Morgan fingerprint density at radius 2 is 1.08 bits per heavy atom. The molecule has 0 aromatic rings. The van der Waals surface area contributed by atoms with E-state index < -0.39 is 0 Å². The highest BCUT2D eigenvalue weighted by Gasteiger charge is 2.44. The van der Waals surface area contributed by atoms with Crippen LogP contribution in [0.4, 0.5) is 0 Å².